The van der Waals surface area contributed by atoms with Crippen LogP contribution in [0, 0.1) is 0 Å². The van der Waals surface area contributed by atoms with E-state index in [0.717, 1.165) is 77.0 Å². The van der Waals surface area contributed by atoms with E-state index < -0.39 is 59.8 Å². The van der Waals surface area contributed by atoms with Gasteiger partial charge in [-0.05, 0) is 70.6 Å². The number of hydrogen-bond acceptors (Lipinski definition) is 11. The van der Waals surface area contributed by atoms with Gasteiger partial charge in [0.25, 0.3) is 0 Å². The zero-order chi connectivity index (χ0) is 41.1. The first-order valence-electron chi connectivity index (χ1n) is 21.4. The number of hydrogen-bond donors (Lipinski definition) is 4. The molecule has 1 heterocycles. The quantitative estimate of drug-likeness (QED) is 0.0206. The van der Waals surface area contributed by atoms with Crippen LogP contribution in [0.3, 0.4) is 0 Å². The minimum Gasteiger partial charge on any atom is -0.457 e. The minimum atomic E-state index is -5.06. The highest BCUT2D eigenvalue weighted by atomic mass is 32.3. The maximum absolute atomic E-state index is 12.8. The standard InChI is InChI=1S/C43H76O12S/c1-3-5-7-9-11-13-15-17-19-20-22-24-26-28-30-32-39(45)53-37(35-51-33-31-29-27-25-23-21-18-16-14-12-10-8-6-4-2)36-52-43-41(47)42(55-56(48,49)50)40(46)38(34-44)54-43/h5,7,11,13-14,16-17,19,37-38,40-44,46-47H,3-4,6,8-10,12,15,18,20-36H2,1-2H3,(H,48,49,50)/b7-5-,13-11-,16-14-,19-17-. The number of aliphatic hydroxyl groups excluding tert-OH is 3. The molecule has 0 saturated carbocycles. The summed E-state index contributed by atoms with van der Waals surface area (Å²) in [4.78, 5) is 12.8. The molecule has 0 aromatic heterocycles. The van der Waals surface area contributed by atoms with Crippen LogP contribution in [0.15, 0.2) is 48.6 Å². The Hall–Kier alpha value is -1.94. The van der Waals surface area contributed by atoms with Crippen LogP contribution in [-0.2, 0) is 38.3 Å². The van der Waals surface area contributed by atoms with Crippen molar-refractivity contribution >= 4 is 16.4 Å². The summed E-state index contributed by atoms with van der Waals surface area (Å²) < 4.78 is 58.9. The Morgan fingerprint density at radius 3 is 1.82 bits per heavy atom. The van der Waals surface area contributed by atoms with Crippen molar-refractivity contribution in [2.75, 3.05) is 26.4 Å². The first kappa shape index (κ1) is 52.1. The van der Waals surface area contributed by atoms with Crippen LogP contribution in [0.2, 0.25) is 0 Å². The molecule has 1 aliphatic heterocycles. The topological polar surface area (TPSA) is 178 Å². The number of carbonyl (C=O) groups is 1. The molecule has 1 fully saturated rings. The second kappa shape index (κ2) is 35.0. The van der Waals surface area contributed by atoms with E-state index in [1.54, 1.807) is 0 Å². The number of aliphatic hydroxyl groups is 3. The molecule has 1 aliphatic rings. The Balaban J connectivity index is 2.48. The maximum atomic E-state index is 12.8. The van der Waals surface area contributed by atoms with E-state index in [2.05, 4.69) is 66.6 Å². The Kier molecular flexibility index (Phi) is 32.6. The van der Waals surface area contributed by atoms with E-state index in [9.17, 15) is 28.5 Å². The lowest BCUT2D eigenvalue weighted by Crippen LogP contribution is -2.60. The third-order valence-electron chi connectivity index (χ3n) is 9.43. The molecule has 0 spiro atoms. The van der Waals surface area contributed by atoms with Crippen LogP contribution in [0.4, 0.5) is 0 Å². The van der Waals surface area contributed by atoms with E-state index in [1.807, 2.05) is 0 Å². The van der Waals surface area contributed by atoms with E-state index in [4.69, 9.17) is 23.5 Å². The SMILES string of the molecule is CC/C=C\C/C=C\C/C=C\CCCCCCCC(=O)OC(COCCCCCCCC/C=C\CCCCCC)COC1OC(CO)C(O)C(OS(=O)(=O)O)C1O. The molecule has 326 valence electrons. The van der Waals surface area contributed by atoms with Gasteiger partial charge in [0, 0.05) is 13.0 Å². The number of rotatable bonds is 36. The van der Waals surface area contributed by atoms with Crippen LogP contribution >= 0.6 is 0 Å². The van der Waals surface area contributed by atoms with Crippen molar-refractivity contribution in [2.45, 2.75) is 192 Å². The average molecular weight is 817 g/mol. The molecule has 12 nitrogen and oxygen atoms in total. The fraction of sp³-hybridized carbons (Fsp3) is 0.791. The molecule has 0 bridgehead atoms. The highest BCUT2D eigenvalue weighted by Gasteiger charge is 2.48. The monoisotopic (exact) mass is 817 g/mol. The summed E-state index contributed by atoms with van der Waals surface area (Å²) in [6, 6.07) is 0. The fourth-order valence-corrected chi connectivity index (χ4v) is 6.72. The predicted molar refractivity (Wildman–Crippen MR) is 220 cm³/mol. The molecule has 1 rings (SSSR count). The van der Waals surface area contributed by atoms with Gasteiger partial charge in [0.15, 0.2) is 6.29 Å². The van der Waals surface area contributed by atoms with Crippen molar-refractivity contribution in [3.63, 3.8) is 0 Å². The molecule has 6 atom stereocenters. The van der Waals surface area contributed by atoms with Crippen molar-refractivity contribution in [2.24, 2.45) is 0 Å². The molecule has 0 amide bonds. The Labute approximate surface area is 338 Å². The summed E-state index contributed by atoms with van der Waals surface area (Å²) in [5.74, 6) is -0.420. The predicted octanol–water partition coefficient (Wildman–Crippen LogP) is 8.41. The van der Waals surface area contributed by atoms with Gasteiger partial charge in [-0.3, -0.25) is 9.35 Å². The average Bonchev–Trinajstić information content (AvgIpc) is 3.17. The largest absolute Gasteiger partial charge is 0.457 e. The summed E-state index contributed by atoms with van der Waals surface area (Å²) >= 11 is 0. The van der Waals surface area contributed by atoms with Gasteiger partial charge in [-0.25, -0.2) is 4.18 Å². The van der Waals surface area contributed by atoms with Gasteiger partial charge in [-0.1, -0.05) is 127 Å². The van der Waals surface area contributed by atoms with Gasteiger partial charge < -0.3 is 34.3 Å². The number of allylic oxidation sites excluding steroid dienone is 8. The molecule has 0 aliphatic carbocycles. The third-order valence-corrected chi connectivity index (χ3v) is 9.90. The Morgan fingerprint density at radius 1 is 0.696 bits per heavy atom. The second-order valence-corrected chi connectivity index (χ2v) is 15.6. The number of esters is 1. The fourth-order valence-electron chi connectivity index (χ4n) is 6.21. The van der Waals surface area contributed by atoms with Crippen LogP contribution in [0.25, 0.3) is 0 Å². The summed E-state index contributed by atoms with van der Waals surface area (Å²) in [6.07, 6.45) is 31.4. The zero-order valence-corrected chi connectivity index (χ0v) is 35.2. The summed E-state index contributed by atoms with van der Waals surface area (Å²) in [5.41, 5.74) is 0. The Bertz CT molecular complexity index is 1170. The lowest BCUT2D eigenvalue weighted by Gasteiger charge is -2.41. The highest BCUT2D eigenvalue weighted by Crippen LogP contribution is 2.26. The van der Waals surface area contributed by atoms with Gasteiger partial charge in [0.2, 0.25) is 0 Å². The smallest absolute Gasteiger partial charge is 0.397 e. The van der Waals surface area contributed by atoms with Gasteiger partial charge in [0.1, 0.15) is 30.5 Å². The molecule has 0 aromatic carbocycles. The zero-order valence-electron chi connectivity index (χ0n) is 34.4. The van der Waals surface area contributed by atoms with Gasteiger partial charge in [-0.15, -0.1) is 0 Å². The minimum absolute atomic E-state index is 0.0234. The van der Waals surface area contributed by atoms with Crippen molar-refractivity contribution in [1.29, 1.82) is 0 Å². The molecule has 13 heteroatoms. The summed E-state index contributed by atoms with van der Waals surface area (Å²) in [5, 5.41) is 30.6. The molecule has 0 radical (unpaired) electrons. The normalized spacial score (nSPS) is 21.3. The van der Waals surface area contributed by atoms with E-state index in [-0.39, 0.29) is 19.6 Å². The molecule has 1 saturated heterocycles. The first-order chi connectivity index (χ1) is 27.1. The molecule has 6 unspecified atom stereocenters. The van der Waals surface area contributed by atoms with Crippen molar-refractivity contribution in [1.82, 2.24) is 0 Å². The van der Waals surface area contributed by atoms with E-state index in [1.165, 1.54) is 51.4 Å². The lowest BCUT2D eigenvalue weighted by atomic mass is 9.99. The van der Waals surface area contributed by atoms with Crippen molar-refractivity contribution in [3.05, 3.63) is 48.6 Å². The Morgan fingerprint density at radius 2 is 1.23 bits per heavy atom. The second-order valence-electron chi connectivity index (χ2n) is 14.5. The van der Waals surface area contributed by atoms with Crippen LogP contribution in [-0.4, -0.2) is 97.5 Å². The van der Waals surface area contributed by atoms with Crippen molar-refractivity contribution < 1.29 is 56.2 Å². The van der Waals surface area contributed by atoms with Gasteiger partial charge >= 0.3 is 16.4 Å². The first-order valence-corrected chi connectivity index (χ1v) is 22.8. The van der Waals surface area contributed by atoms with Gasteiger partial charge in [0.05, 0.1) is 19.8 Å². The molecule has 4 N–H and O–H groups in total. The number of unbranched alkanes of at least 4 members (excludes halogenated alkanes) is 15. The molecule has 0 aromatic rings. The third kappa shape index (κ3) is 28.5. The number of carbonyl (C=O) groups excluding carboxylic acids is 1. The van der Waals surface area contributed by atoms with Crippen molar-refractivity contribution in [3.8, 4) is 0 Å². The molecule has 56 heavy (non-hydrogen) atoms. The van der Waals surface area contributed by atoms with E-state index >= 15 is 0 Å². The molecular weight excluding hydrogens is 741 g/mol. The summed E-state index contributed by atoms with van der Waals surface area (Å²) in [6.45, 7) is 3.81. The van der Waals surface area contributed by atoms with Crippen LogP contribution < -0.4 is 0 Å². The van der Waals surface area contributed by atoms with E-state index in [0.29, 0.717) is 13.0 Å². The molecular formula is C43H76O12S. The number of ether oxygens (including phenoxy) is 4. The summed E-state index contributed by atoms with van der Waals surface area (Å²) in [7, 11) is -5.06. The lowest BCUT2D eigenvalue weighted by molar-refractivity contribution is -0.301. The van der Waals surface area contributed by atoms with Crippen LogP contribution in [0.5, 0.6) is 0 Å². The van der Waals surface area contributed by atoms with Crippen LogP contribution in [0.1, 0.15) is 155 Å². The maximum Gasteiger partial charge on any atom is 0.397 e. The van der Waals surface area contributed by atoms with Gasteiger partial charge in [-0.2, -0.15) is 8.42 Å². The highest BCUT2D eigenvalue weighted by molar-refractivity contribution is 7.80.